The highest BCUT2D eigenvalue weighted by atomic mass is 16.6. The zero-order valence-electron chi connectivity index (χ0n) is 16.5. The summed E-state index contributed by atoms with van der Waals surface area (Å²) in [4.78, 5) is 32.2. The fourth-order valence-corrected chi connectivity index (χ4v) is 3.78. The number of hydrogen-bond acceptors (Lipinski definition) is 5. The van der Waals surface area contributed by atoms with E-state index < -0.39 is 4.92 Å². The monoisotopic (exact) mass is 390 g/mol. The zero-order valence-corrected chi connectivity index (χ0v) is 16.5. The van der Waals surface area contributed by atoms with Crippen molar-refractivity contribution in [1.29, 1.82) is 0 Å². The largest absolute Gasteiger partial charge is 0.367 e. The number of nitro benzene ring substituents is 1. The van der Waals surface area contributed by atoms with Crippen LogP contribution in [0, 0.1) is 24.0 Å². The number of carbonyl (C=O) groups is 1. The van der Waals surface area contributed by atoms with Crippen LogP contribution in [0.1, 0.15) is 21.6 Å². The molecule has 1 saturated heterocycles. The summed E-state index contributed by atoms with van der Waals surface area (Å²) in [6.45, 7) is 6.38. The number of pyridine rings is 1. The first-order valence-corrected chi connectivity index (χ1v) is 9.59. The number of nitrogens with zero attached hydrogens (tertiary/aromatic N) is 4. The van der Waals surface area contributed by atoms with E-state index in [0.717, 1.165) is 22.3 Å². The minimum atomic E-state index is -0.392. The van der Waals surface area contributed by atoms with Crippen molar-refractivity contribution in [2.24, 2.45) is 0 Å². The van der Waals surface area contributed by atoms with Gasteiger partial charge in [0.05, 0.1) is 4.92 Å². The Labute approximate surface area is 168 Å². The van der Waals surface area contributed by atoms with E-state index in [4.69, 9.17) is 0 Å². The number of fused-ring (bicyclic) bond motifs is 1. The Hall–Kier alpha value is -3.48. The number of non-ortho nitro benzene ring substituents is 1. The highest BCUT2D eigenvalue weighted by molar-refractivity contribution is 5.97. The summed E-state index contributed by atoms with van der Waals surface area (Å²) in [6, 6.07) is 14.6. The van der Waals surface area contributed by atoms with E-state index in [1.807, 2.05) is 55.1 Å². The number of nitro groups is 1. The molecule has 7 nitrogen and oxygen atoms in total. The topological polar surface area (TPSA) is 79.6 Å². The normalized spacial score (nSPS) is 14.3. The second kappa shape index (κ2) is 7.50. The number of para-hydroxylation sites is 1. The summed E-state index contributed by atoms with van der Waals surface area (Å²) in [7, 11) is 0. The molecule has 1 fully saturated rings. The van der Waals surface area contributed by atoms with Crippen molar-refractivity contribution in [1.82, 2.24) is 9.88 Å². The first kappa shape index (κ1) is 18.9. The van der Waals surface area contributed by atoms with Crippen LogP contribution in [-0.4, -0.2) is 46.9 Å². The van der Waals surface area contributed by atoms with Gasteiger partial charge in [-0.15, -0.1) is 0 Å². The van der Waals surface area contributed by atoms with Crippen molar-refractivity contribution in [2.75, 3.05) is 31.1 Å². The van der Waals surface area contributed by atoms with Crippen LogP contribution in [0.5, 0.6) is 0 Å². The molecule has 7 heteroatoms. The van der Waals surface area contributed by atoms with Gasteiger partial charge in [-0.2, -0.15) is 0 Å². The number of anilines is 1. The lowest BCUT2D eigenvalue weighted by atomic mass is 10.1. The Bertz CT molecular complexity index is 1090. The summed E-state index contributed by atoms with van der Waals surface area (Å²) < 4.78 is 0. The fraction of sp³-hybridized carbons (Fsp3) is 0.273. The molecule has 0 saturated carbocycles. The van der Waals surface area contributed by atoms with E-state index >= 15 is 0 Å². The van der Waals surface area contributed by atoms with Gasteiger partial charge in [0.25, 0.3) is 11.6 Å². The van der Waals surface area contributed by atoms with E-state index in [0.29, 0.717) is 37.3 Å². The maximum Gasteiger partial charge on any atom is 0.295 e. The number of hydrogen-bond donors (Lipinski definition) is 0. The maximum atomic E-state index is 12.8. The van der Waals surface area contributed by atoms with Crippen molar-refractivity contribution in [3.05, 3.63) is 75.5 Å². The number of carbonyl (C=O) groups excluding carboxylic acids is 1. The molecule has 1 aliphatic heterocycles. The zero-order chi connectivity index (χ0) is 20.5. The third-order valence-electron chi connectivity index (χ3n) is 5.33. The molecule has 29 heavy (non-hydrogen) atoms. The molecule has 0 radical (unpaired) electrons. The lowest BCUT2D eigenvalue weighted by Gasteiger charge is -2.36. The minimum Gasteiger partial charge on any atom is -0.367 e. The van der Waals surface area contributed by atoms with Gasteiger partial charge in [0, 0.05) is 54.6 Å². The SMILES string of the molecule is Cc1ccc(C(=O)N2CCN(c3cc(C)nc4c([N+](=O)[O-])cccc34)CC2)cc1. The smallest absolute Gasteiger partial charge is 0.295 e. The summed E-state index contributed by atoms with van der Waals surface area (Å²) >= 11 is 0. The highest BCUT2D eigenvalue weighted by Crippen LogP contribution is 2.32. The number of aromatic nitrogens is 1. The molecule has 2 heterocycles. The molecule has 0 atom stereocenters. The van der Waals surface area contributed by atoms with Crippen LogP contribution >= 0.6 is 0 Å². The Morgan fingerprint density at radius 2 is 1.72 bits per heavy atom. The predicted octanol–water partition coefficient (Wildman–Crippen LogP) is 3.72. The molecular weight excluding hydrogens is 368 g/mol. The molecule has 3 aromatic rings. The van der Waals surface area contributed by atoms with E-state index in [9.17, 15) is 14.9 Å². The molecule has 1 aromatic heterocycles. The van der Waals surface area contributed by atoms with Crippen molar-refractivity contribution in [2.45, 2.75) is 13.8 Å². The van der Waals surface area contributed by atoms with E-state index in [1.54, 1.807) is 6.07 Å². The summed E-state index contributed by atoms with van der Waals surface area (Å²) in [5.41, 5.74) is 3.91. The quantitative estimate of drug-likeness (QED) is 0.503. The Morgan fingerprint density at radius 3 is 2.38 bits per heavy atom. The number of aryl methyl sites for hydroxylation is 2. The van der Waals surface area contributed by atoms with Crippen molar-refractivity contribution < 1.29 is 9.72 Å². The van der Waals surface area contributed by atoms with Crippen LogP contribution in [0.15, 0.2) is 48.5 Å². The minimum absolute atomic E-state index is 0.0145. The standard InChI is InChI=1S/C22H22N4O3/c1-15-6-8-17(9-7-15)22(27)25-12-10-24(11-13-25)20-14-16(2)23-21-18(20)4-3-5-19(21)26(28)29/h3-9,14H,10-13H2,1-2H3. The first-order valence-electron chi connectivity index (χ1n) is 9.59. The van der Waals surface area contributed by atoms with Crippen molar-refractivity contribution in [3.8, 4) is 0 Å². The summed E-state index contributed by atoms with van der Waals surface area (Å²) in [5, 5.41) is 12.2. The molecule has 0 bridgehead atoms. The lowest BCUT2D eigenvalue weighted by molar-refractivity contribution is -0.383. The van der Waals surface area contributed by atoms with Gasteiger partial charge in [-0.3, -0.25) is 14.9 Å². The third-order valence-corrected chi connectivity index (χ3v) is 5.33. The van der Waals surface area contributed by atoms with E-state index in [1.165, 1.54) is 6.07 Å². The molecule has 0 spiro atoms. The molecule has 148 valence electrons. The van der Waals surface area contributed by atoms with E-state index in [2.05, 4.69) is 9.88 Å². The molecule has 0 aliphatic carbocycles. The average Bonchev–Trinajstić information content (AvgIpc) is 2.73. The summed E-state index contributed by atoms with van der Waals surface area (Å²) in [5.74, 6) is 0.0380. The van der Waals surface area contributed by atoms with Gasteiger partial charge in [0.1, 0.15) is 0 Å². The molecular formula is C22H22N4O3. The predicted molar refractivity (Wildman–Crippen MR) is 112 cm³/mol. The molecule has 4 rings (SSSR count). The Morgan fingerprint density at radius 1 is 1.03 bits per heavy atom. The van der Waals surface area contributed by atoms with E-state index in [-0.39, 0.29) is 11.6 Å². The maximum absolute atomic E-state index is 12.8. The van der Waals surface area contributed by atoms with Gasteiger partial charge in [0.2, 0.25) is 0 Å². The van der Waals surface area contributed by atoms with Crippen LogP contribution in [-0.2, 0) is 0 Å². The van der Waals surface area contributed by atoms with Crippen molar-refractivity contribution in [3.63, 3.8) is 0 Å². The van der Waals surface area contributed by atoms with Crippen LogP contribution in [0.2, 0.25) is 0 Å². The number of benzene rings is 2. The van der Waals surface area contributed by atoms with Gasteiger partial charge in [-0.05, 0) is 32.0 Å². The Balaban J connectivity index is 1.58. The van der Waals surface area contributed by atoms with Crippen molar-refractivity contribution >= 4 is 28.2 Å². The Kier molecular flexibility index (Phi) is 4.88. The average molecular weight is 390 g/mol. The number of amides is 1. The second-order valence-electron chi connectivity index (χ2n) is 7.36. The van der Waals surface area contributed by atoms with Crippen LogP contribution in [0.25, 0.3) is 10.9 Å². The molecule has 1 aliphatic rings. The third kappa shape index (κ3) is 3.63. The van der Waals surface area contributed by atoms with Gasteiger partial charge in [-0.25, -0.2) is 4.98 Å². The highest BCUT2D eigenvalue weighted by Gasteiger charge is 2.25. The molecule has 0 N–H and O–H groups in total. The molecule has 2 aromatic carbocycles. The molecule has 1 amide bonds. The molecule has 0 unspecified atom stereocenters. The van der Waals surface area contributed by atoms with Crippen LogP contribution in [0.4, 0.5) is 11.4 Å². The number of piperazine rings is 1. The fourth-order valence-electron chi connectivity index (χ4n) is 3.78. The summed E-state index contributed by atoms with van der Waals surface area (Å²) in [6.07, 6.45) is 0. The van der Waals surface area contributed by atoms with Crippen LogP contribution in [0.3, 0.4) is 0 Å². The first-order chi connectivity index (χ1) is 13.9. The van der Waals surface area contributed by atoms with Gasteiger partial charge >= 0.3 is 0 Å². The van der Waals surface area contributed by atoms with Crippen LogP contribution < -0.4 is 4.90 Å². The van der Waals surface area contributed by atoms with Gasteiger partial charge < -0.3 is 9.80 Å². The number of rotatable bonds is 3. The van der Waals surface area contributed by atoms with Gasteiger partial charge in [-0.1, -0.05) is 29.8 Å². The second-order valence-corrected chi connectivity index (χ2v) is 7.36. The van der Waals surface area contributed by atoms with Gasteiger partial charge in [0.15, 0.2) is 5.52 Å². The lowest BCUT2D eigenvalue weighted by Crippen LogP contribution is -2.48.